The molecule has 1 saturated heterocycles. The van der Waals surface area contributed by atoms with Gasteiger partial charge >= 0.3 is 0 Å². The zero-order chi connectivity index (χ0) is 10.7. The number of fused-ring (bicyclic) bond motifs is 1. The molecule has 0 amide bonds. The topological polar surface area (TPSA) is 29.5 Å². The van der Waals surface area contributed by atoms with E-state index in [0.717, 1.165) is 32.5 Å². The van der Waals surface area contributed by atoms with Crippen LogP contribution in [-0.4, -0.2) is 42.5 Å². The number of rotatable bonds is 4. The van der Waals surface area contributed by atoms with Gasteiger partial charge in [-0.05, 0) is 39.2 Å². The van der Waals surface area contributed by atoms with E-state index in [1.54, 1.807) is 6.92 Å². The maximum Gasteiger partial charge on any atom is 0.129 e. The van der Waals surface area contributed by atoms with E-state index >= 15 is 0 Å². The maximum atomic E-state index is 10.9. The highest BCUT2D eigenvalue weighted by Crippen LogP contribution is 2.29. The van der Waals surface area contributed by atoms with E-state index in [0.29, 0.717) is 17.9 Å². The summed E-state index contributed by atoms with van der Waals surface area (Å²) in [6.45, 7) is 4.68. The third kappa shape index (κ3) is 2.79. The normalized spacial score (nSPS) is 31.5. The molecule has 15 heavy (non-hydrogen) atoms. The Labute approximate surface area is 91.8 Å². The third-order valence-corrected chi connectivity index (χ3v) is 3.57. The molecule has 1 saturated carbocycles. The number of nitrogens with zero attached hydrogens (tertiary/aromatic N) is 1. The molecule has 3 heteroatoms. The lowest BCUT2D eigenvalue weighted by Gasteiger charge is -2.37. The van der Waals surface area contributed by atoms with Crippen molar-refractivity contribution in [2.24, 2.45) is 0 Å². The summed E-state index contributed by atoms with van der Waals surface area (Å²) in [4.78, 5) is 13.4. The molecule has 2 fully saturated rings. The lowest BCUT2D eigenvalue weighted by atomic mass is 10.1. The number of Topliss-reactive ketones (excluding diaryl/α,β-unsaturated/α-hetero) is 1. The number of hydrogen-bond acceptors (Lipinski definition) is 3. The molecule has 0 N–H and O–H groups in total. The van der Waals surface area contributed by atoms with Crippen molar-refractivity contribution in [1.82, 2.24) is 4.90 Å². The van der Waals surface area contributed by atoms with Gasteiger partial charge in [0.05, 0.1) is 12.7 Å². The molecule has 0 aromatic rings. The van der Waals surface area contributed by atoms with Gasteiger partial charge < -0.3 is 9.53 Å². The van der Waals surface area contributed by atoms with E-state index < -0.39 is 0 Å². The first-order valence-corrected chi connectivity index (χ1v) is 6.12. The predicted molar refractivity (Wildman–Crippen MR) is 58.9 cm³/mol. The summed E-state index contributed by atoms with van der Waals surface area (Å²) >= 11 is 0. The molecule has 0 radical (unpaired) electrons. The number of hydrogen-bond donors (Lipinski definition) is 0. The third-order valence-electron chi connectivity index (χ3n) is 3.57. The highest BCUT2D eigenvalue weighted by atomic mass is 16.5. The molecule has 0 aromatic carbocycles. The fraction of sp³-hybridized carbons (Fsp3) is 0.917. The Morgan fingerprint density at radius 2 is 2.33 bits per heavy atom. The van der Waals surface area contributed by atoms with Crippen LogP contribution in [0.25, 0.3) is 0 Å². The molecule has 1 aliphatic carbocycles. The van der Waals surface area contributed by atoms with E-state index in [1.807, 2.05) is 0 Å². The summed E-state index contributed by atoms with van der Waals surface area (Å²) in [6, 6.07) is 0.644. The van der Waals surface area contributed by atoms with Gasteiger partial charge in [0.2, 0.25) is 0 Å². The molecule has 2 rings (SSSR count). The number of carbonyl (C=O) groups excluding carboxylic acids is 1. The summed E-state index contributed by atoms with van der Waals surface area (Å²) in [7, 11) is 0. The summed E-state index contributed by atoms with van der Waals surface area (Å²) < 4.78 is 5.75. The molecule has 0 bridgehead atoms. The van der Waals surface area contributed by atoms with Crippen molar-refractivity contribution in [2.45, 2.75) is 51.2 Å². The molecular weight excluding hydrogens is 190 g/mol. The minimum Gasteiger partial charge on any atom is -0.375 e. The Kier molecular flexibility index (Phi) is 3.76. The number of ketones is 1. The van der Waals surface area contributed by atoms with Gasteiger partial charge in [0.25, 0.3) is 0 Å². The first kappa shape index (κ1) is 11.1. The highest BCUT2D eigenvalue weighted by Gasteiger charge is 2.35. The van der Waals surface area contributed by atoms with Crippen LogP contribution < -0.4 is 0 Å². The SMILES string of the molecule is CC(=O)CCCN1CCOC2CCCC21. The van der Waals surface area contributed by atoms with E-state index in [1.165, 1.54) is 19.3 Å². The fourth-order valence-corrected chi connectivity index (χ4v) is 2.81. The molecule has 1 aliphatic heterocycles. The number of ether oxygens (including phenoxy) is 1. The van der Waals surface area contributed by atoms with Crippen molar-refractivity contribution in [2.75, 3.05) is 19.7 Å². The van der Waals surface area contributed by atoms with Crippen LogP contribution in [0.2, 0.25) is 0 Å². The van der Waals surface area contributed by atoms with Crippen molar-refractivity contribution in [1.29, 1.82) is 0 Å². The van der Waals surface area contributed by atoms with Crippen LogP contribution in [0.4, 0.5) is 0 Å². The van der Waals surface area contributed by atoms with Crippen molar-refractivity contribution in [3.05, 3.63) is 0 Å². The first-order valence-electron chi connectivity index (χ1n) is 6.12. The van der Waals surface area contributed by atoms with Gasteiger partial charge in [0, 0.05) is 19.0 Å². The maximum absolute atomic E-state index is 10.9. The number of morpholine rings is 1. The van der Waals surface area contributed by atoms with Crippen molar-refractivity contribution >= 4 is 5.78 Å². The van der Waals surface area contributed by atoms with E-state index in [9.17, 15) is 4.79 Å². The highest BCUT2D eigenvalue weighted by molar-refractivity contribution is 5.75. The molecule has 0 spiro atoms. The summed E-state index contributed by atoms with van der Waals surface area (Å²) in [5.74, 6) is 0.311. The molecule has 3 nitrogen and oxygen atoms in total. The van der Waals surface area contributed by atoms with Gasteiger partial charge in [-0.1, -0.05) is 0 Å². The second-order valence-electron chi connectivity index (χ2n) is 4.75. The molecular formula is C12H21NO2. The van der Waals surface area contributed by atoms with Gasteiger partial charge in [-0.2, -0.15) is 0 Å². The van der Waals surface area contributed by atoms with E-state index in [-0.39, 0.29) is 0 Å². The summed E-state index contributed by atoms with van der Waals surface area (Å²) in [5, 5.41) is 0. The number of carbonyl (C=O) groups is 1. The van der Waals surface area contributed by atoms with Crippen LogP contribution in [0.5, 0.6) is 0 Å². The minimum absolute atomic E-state index is 0.311. The monoisotopic (exact) mass is 211 g/mol. The van der Waals surface area contributed by atoms with Crippen molar-refractivity contribution < 1.29 is 9.53 Å². The smallest absolute Gasteiger partial charge is 0.129 e. The average Bonchev–Trinajstić information content (AvgIpc) is 2.65. The van der Waals surface area contributed by atoms with Gasteiger partial charge in [-0.3, -0.25) is 4.90 Å². The molecule has 2 aliphatic rings. The quantitative estimate of drug-likeness (QED) is 0.707. The Morgan fingerprint density at radius 3 is 3.13 bits per heavy atom. The van der Waals surface area contributed by atoms with Gasteiger partial charge in [-0.25, -0.2) is 0 Å². The van der Waals surface area contributed by atoms with Crippen LogP contribution in [0.1, 0.15) is 39.0 Å². The molecule has 2 atom stereocenters. The summed E-state index contributed by atoms with van der Waals surface area (Å²) in [6.07, 6.45) is 6.04. The second kappa shape index (κ2) is 5.08. The van der Waals surface area contributed by atoms with Crippen LogP contribution in [0.3, 0.4) is 0 Å². The standard InChI is InChI=1S/C12H21NO2/c1-10(14)4-3-7-13-8-9-15-12-6-2-5-11(12)13/h11-12H,2-9H2,1H3. The van der Waals surface area contributed by atoms with Crippen molar-refractivity contribution in [3.8, 4) is 0 Å². The Balaban J connectivity index is 1.77. The largest absolute Gasteiger partial charge is 0.375 e. The molecule has 0 aromatic heterocycles. The van der Waals surface area contributed by atoms with Crippen LogP contribution in [0.15, 0.2) is 0 Å². The first-order chi connectivity index (χ1) is 7.27. The Hall–Kier alpha value is -0.410. The summed E-state index contributed by atoms with van der Waals surface area (Å²) in [5.41, 5.74) is 0. The van der Waals surface area contributed by atoms with E-state index in [4.69, 9.17) is 4.74 Å². The Morgan fingerprint density at radius 1 is 1.47 bits per heavy atom. The zero-order valence-electron chi connectivity index (χ0n) is 9.58. The van der Waals surface area contributed by atoms with Crippen LogP contribution >= 0.6 is 0 Å². The van der Waals surface area contributed by atoms with Gasteiger partial charge in [0.15, 0.2) is 0 Å². The van der Waals surface area contributed by atoms with E-state index in [2.05, 4.69) is 4.90 Å². The second-order valence-corrected chi connectivity index (χ2v) is 4.75. The predicted octanol–water partition coefficient (Wildman–Crippen LogP) is 1.61. The molecule has 86 valence electrons. The zero-order valence-corrected chi connectivity index (χ0v) is 9.58. The fourth-order valence-electron chi connectivity index (χ4n) is 2.81. The lowest BCUT2D eigenvalue weighted by molar-refractivity contribution is -0.117. The van der Waals surface area contributed by atoms with Crippen LogP contribution in [0, 0.1) is 0 Å². The average molecular weight is 211 g/mol. The van der Waals surface area contributed by atoms with Gasteiger partial charge in [-0.15, -0.1) is 0 Å². The lowest BCUT2D eigenvalue weighted by Crippen LogP contribution is -2.48. The Bertz CT molecular complexity index is 230. The van der Waals surface area contributed by atoms with Crippen LogP contribution in [-0.2, 0) is 9.53 Å². The molecule has 2 unspecified atom stereocenters. The minimum atomic E-state index is 0.311. The van der Waals surface area contributed by atoms with Crippen molar-refractivity contribution in [3.63, 3.8) is 0 Å². The van der Waals surface area contributed by atoms with Gasteiger partial charge in [0.1, 0.15) is 5.78 Å². The molecule has 1 heterocycles.